The number of benzene rings is 1. The molecule has 1 aromatic carbocycles. The van der Waals surface area contributed by atoms with Crippen molar-refractivity contribution in [3.05, 3.63) is 41.1 Å². The molecule has 202 valence electrons. The molecule has 0 bridgehead atoms. The van der Waals surface area contributed by atoms with E-state index in [1.54, 1.807) is 30.7 Å². The lowest BCUT2D eigenvalue weighted by Gasteiger charge is -2.26. The first-order valence-corrected chi connectivity index (χ1v) is 13.2. The van der Waals surface area contributed by atoms with Crippen molar-refractivity contribution in [1.82, 2.24) is 24.8 Å². The largest absolute Gasteiger partial charge is 0.408 e. The maximum atomic E-state index is 13.4. The summed E-state index contributed by atoms with van der Waals surface area (Å²) in [5, 5.41) is 16.6. The number of nitrogens with two attached hydrogens (primary N) is 1. The summed E-state index contributed by atoms with van der Waals surface area (Å²) in [4.78, 5) is 31.4. The van der Waals surface area contributed by atoms with E-state index in [2.05, 4.69) is 20.1 Å². The average Bonchev–Trinajstić information content (AvgIpc) is 3.58. The van der Waals surface area contributed by atoms with E-state index in [9.17, 15) is 27.9 Å². The highest BCUT2D eigenvalue weighted by Gasteiger charge is 2.45. The summed E-state index contributed by atoms with van der Waals surface area (Å²) in [7, 11) is 0. The second kappa shape index (κ2) is 9.66. The maximum absolute atomic E-state index is 13.4. The van der Waals surface area contributed by atoms with Gasteiger partial charge < -0.3 is 25.8 Å². The van der Waals surface area contributed by atoms with Crippen LogP contribution in [-0.4, -0.2) is 67.5 Å². The number of alkyl halides is 3. The molecule has 1 aliphatic carbocycles. The zero-order chi connectivity index (χ0) is 27.4. The number of anilines is 2. The fourth-order valence-corrected chi connectivity index (χ4v) is 5.06. The molecular formula is C24H26F3N7O3S. The van der Waals surface area contributed by atoms with Crippen LogP contribution in [0.2, 0.25) is 0 Å². The van der Waals surface area contributed by atoms with E-state index in [1.165, 1.54) is 16.5 Å². The Kier molecular flexibility index (Phi) is 6.63. The number of nitrogen functional groups attached to an aromatic ring is 1. The van der Waals surface area contributed by atoms with Crippen LogP contribution in [0.5, 0.6) is 0 Å². The maximum Gasteiger partial charge on any atom is 0.408 e. The van der Waals surface area contributed by atoms with Gasteiger partial charge in [0.25, 0.3) is 11.8 Å². The van der Waals surface area contributed by atoms with Crippen LogP contribution in [0.1, 0.15) is 46.0 Å². The molecule has 5 N–H and O–H groups in total. The molecule has 38 heavy (non-hydrogen) atoms. The highest BCUT2D eigenvalue weighted by atomic mass is 32.2. The monoisotopic (exact) mass is 549 g/mol. The average molecular weight is 550 g/mol. The minimum absolute atomic E-state index is 0.0271. The normalized spacial score (nSPS) is 17.0. The number of nitrogens with zero attached hydrogens (tertiary/aromatic N) is 4. The number of nitrogens with one attached hydrogen (secondary N) is 2. The first-order chi connectivity index (χ1) is 18.0. The first-order valence-electron chi connectivity index (χ1n) is 11.9. The lowest BCUT2D eigenvalue weighted by Crippen LogP contribution is -2.43. The van der Waals surface area contributed by atoms with Gasteiger partial charge in [0.2, 0.25) is 0 Å². The Morgan fingerprint density at radius 1 is 1.34 bits per heavy atom. The highest BCUT2D eigenvalue weighted by molar-refractivity contribution is 7.99. The van der Waals surface area contributed by atoms with E-state index in [0.717, 1.165) is 24.7 Å². The van der Waals surface area contributed by atoms with Crippen LogP contribution in [-0.2, 0) is 6.54 Å². The molecule has 2 amide bonds. The van der Waals surface area contributed by atoms with Crippen LogP contribution in [0.3, 0.4) is 0 Å². The van der Waals surface area contributed by atoms with Crippen molar-refractivity contribution < 1.29 is 27.9 Å². The van der Waals surface area contributed by atoms with Gasteiger partial charge in [-0.25, -0.2) is 9.50 Å². The molecule has 3 aromatic rings. The van der Waals surface area contributed by atoms with Gasteiger partial charge in [-0.2, -0.15) is 13.2 Å². The summed E-state index contributed by atoms with van der Waals surface area (Å²) in [6.45, 7) is 0.561. The quantitative estimate of drug-likeness (QED) is 0.315. The Balaban J connectivity index is 1.54. The molecule has 1 saturated carbocycles. The highest BCUT2D eigenvalue weighted by Crippen LogP contribution is 2.39. The van der Waals surface area contributed by atoms with Gasteiger partial charge in [0.05, 0.1) is 29.6 Å². The Hall–Kier alpha value is -3.52. The van der Waals surface area contributed by atoms with Gasteiger partial charge in [0.15, 0.2) is 11.5 Å². The standard InChI is InChI=1S/C24H26F3N7O3S/c1-11(24(25,26)27)33-9-14-7-13(8-16(32-38-2)18(14)23(33)37)15-5-6-34-21(29-15)19(20(28)31-34)22(36)30-17(10-35)12-3-4-12/h5-8,11-12,17,32,35H,3-4,9-10H2,1-2H3,(H2,28,31)(H,30,36). The fraction of sp³-hybridized carbons (Fsp3) is 0.417. The van der Waals surface area contributed by atoms with Crippen LogP contribution < -0.4 is 15.8 Å². The molecule has 1 aliphatic heterocycles. The van der Waals surface area contributed by atoms with Crippen molar-refractivity contribution >= 4 is 40.9 Å². The molecule has 2 unspecified atom stereocenters. The lowest BCUT2D eigenvalue weighted by molar-refractivity contribution is -0.172. The van der Waals surface area contributed by atoms with Gasteiger partial charge in [-0.15, -0.1) is 5.10 Å². The van der Waals surface area contributed by atoms with Crippen molar-refractivity contribution in [2.45, 2.75) is 44.6 Å². The van der Waals surface area contributed by atoms with Crippen molar-refractivity contribution in [3.63, 3.8) is 0 Å². The zero-order valence-corrected chi connectivity index (χ0v) is 21.4. The number of rotatable bonds is 8. The summed E-state index contributed by atoms with van der Waals surface area (Å²) in [5.74, 6) is -1.02. The van der Waals surface area contributed by atoms with Gasteiger partial charge >= 0.3 is 6.18 Å². The third-order valence-corrected chi connectivity index (χ3v) is 7.35. The third kappa shape index (κ3) is 4.62. The van der Waals surface area contributed by atoms with Crippen molar-refractivity contribution in [1.29, 1.82) is 0 Å². The van der Waals surface area contributed by atoms with E-state index in [0.29, 0.717) is 22.5 Å². The number of amides is 2. The van der Waals surface area contributed by atoms with Crippen LogP contribution in [0.4, 0.5) is 24.7 Å². The van der Waals surface area contributed by atoms with Crippen molar-refractivity contribution in [2.75, 3.05) is 23.3 Å². The van der Waals surface area contributed by atoms with Gasteiger partial charge in [0.1, 0.15) is 11.6 Å². The molecule has 3 heterocycles. The van der Waals surface area contributed by atoms with Gasteiger partial charge in [-0.3, -0.25) is 9.59 Å². The molecular weight excluding hydrogens is 523 g/mol. The van der Waals surface area contributed by atoms with E-state index < -0.39 is 30.1 Å². The number of carbonyl (C=O) groups excluding carboxylic acids is 2. The predicted molar refractivity (Wildman–Crippen MR) is 136 cm³/mol. The van der Waals surface area contributed by atoms with E-state index in [4.69, 9.17) is 5.73 Å². The summed E-state index contributed by atoms with van der Waals surface area (Å²) >= 11 is 1.20. The molecule has 10 nitrogen and oxygen atoms in total. The number of fused-ring (bicyclic) bond motifs is 2. The molecule has 5 rings (SSSR count). The predicted octanol–water partition coefficient (Wildman–Crippen LogP) is 3.08. The fourth-order valence-electron chi connectivity index (χ4n) is 4.68. The molecule has 1 fully saturated rings. The number of aliphatic hydroxyl groups is 1. The van der Waals surface area contributed by atoms with Crippen molar-refractivity contribution in [3.8, 4) is 11.3 Å². The number of aromatic nitrogens is 3. The minimum atomic E-state index is -4.56. The van der Waals surface area contributed by atoms with Gasteiger partial charge in [-0.1, -0.05) is 11.9 Å². The summed E-state index contributed by atoms with van der Waals surface area (Å²) in [5.41, 5.74) is 8.23. The minimum Gasteiger partial charge on any atom is -0.394 e. The number of aliphatic hydroxyl groups excluding tert-OH is 1. The zero-order valence-electron chi connectivity index (χ0n) is 20.5. The Bertz CT molecular complexity index is 1420. The van der Waals surface area contributed by atoms with Crippen LogP contribution in [0, 0.1) is 5.92 Å². The van der Waals surface area contributed by atoms with Crippen molar-refractivity contribution in [2.24, 2.45) is 5.92 Å². The summed E-state index contributed by atoms with van der Waals surface area (Å²) in [6.07, 6.45) is 0.594. The molecule has 14 heteroatoms. The molecule has 2 aliphatic rings. The topological polar surface area (TPSA) is 138 Å². The summed E-state index contributed by atoms with van der Waals surface area (Å²) < 4.78 is 44.6. The molecule has 0 spiro atoms. The van der Waals surface area contributed by atoms with Gasteiger partial charge in [-0.05, 0) is 49.4 Å². The first kappa shape index (κ1) is 26.1. The number of hydrogen-bond acceptors (Lipinski definition) is 8. The van der Waals surface area contributed by atoms with Crippen LogP contribution in [0.25, 0.3) is 16.9 Å². The van der Waals surface area contributed by atoms with Crippen LogP contribution >= 0.6 is 11.9 Å². The molecule has 2 atom stereocenters. The number of hydrogen-bond donors (Lipinski definition) is 4. The third-order valence-electron chi connectivity index (χ3n) is 6.93. The molecule has 0 radical (unpaired) electrons. The van der Waals surface area contributed by atoms with Crippen LogP contribution in [0.15, 0.2) is 24.4 Å². The number of carbonyl (C=O) groups is 2. The lowest BCUT2D eigenvalue weighted by atomic mass is 10.0. The number of halogens is 3. The summed E-state index contributed by atoms with van der Waals surface area (Å²) in [6, 6.07) is 2.57. The molecule has 0 saturated heterocycles. The van der Waals surface area contributed by atoms with E-state index in [1.807, 2.05) is 0 Å². The smallest absolute Gasteiger partial charge is 0.394 e. The molecule has 2 aromatic heterocycles. The Morgan fingerprint density at radius 3 is 2.71 bits per heavy atom. The second-order valence-electron chi connectivity index (χ2n) is 9.46. The Labute approximate surface area is 219 Å². The van der Waals surface area contributed by atoms with Gasteiger partial charge in [0, 0.05) is 24.6 Å². The Morgan fingerprint density at radius 2 is 2.08 bits per heavy atom. The van der Waals surface area contributed by atoms with E-state index in [-0.39, 0.29) is 41.7 Å². The van der Waals surface area contributed by atoms with E-state index >= 15 is 0 Å². The SMILES string of the molecule is CSNc1cc(-c2ccn3nc(N)c(C(=O)NC(CO)C4CC4)c3n2)cc2c1C(=O)N(C(C)C(F)(F)F)C2. The second-order valence-corrected chi connectivity index (χ2v) is 10.1.